The molecule has 1 unspecified atom stereocenters. The van der Waals surface area contributed by atoms with Crippen molar-refractivity contribution in [1.29, 1.82) is 0 Å². The van der Waals surface area contributed by atoms with E-state index in [2.05, 4.69) is 44.1 Å². The van der Waals surface area contributed by atoms with Gasteiger partial charge in [0.25, 0.3) is 12.2 Å². The molecule has 14 heteroatoms. The molecule has 0 spiro atoms. The van der Waals surface area contributed by atoms with E-state index in [1.807, 2.05) is 6.07 Å². The Kier molecular flexibility index (Phi) is 5.67. The van der Waals surface area contributed by atoms with Crippen molar-refractivity contribution < 1.29 is 23.9 Å². The lowest BCUT2D eigenvalue weighted by molar-refractivity contribution is -0.214. The minimum atomic E-state index is -2.07. The van der Waals surface area contributed by atoms with Crippen molar-refractivity contribution >= 4 is 41.3 Å². The molecule has 1 fully saturated rings. The third-order valence-electron chi connectivity index (χ3n) is 6.09. The normalized spacial score (nSPS) is 23.4. The number of amides is 1. The van der Waals surface area contributed by atoms with Crippen molar-refractivity contribution in [2.24, 2.45) is 5.73 Å². The van der Waals surface area contributed by atoms with E-state index in [1.54, 1.807) is 19.3 Å². The van der Waals surface area contributed by atoms with Gasteiger partial charge in [-0.15, -0.1) is 0 Å². The summed E-state index contributed by atoms with van der Waals surface area (Å²) in [6, 6.07) is 2.30. The molecule has 0 aromatic carbocycles. The Balaban J connectivity index is 1.68. The van der Waals surface area contributed by atoms with Crippen molar-refractivity contribution in [3.8, 4) is 0 Å². The number of aromatic nitrogens is 5. The Morgan fingerprint density at radius 2 is 2.00 bits per heavy atom. The smallest absolute Gasteiger partial charge is 0.401 e. The summed E-state index contributed by atoms with van der Waals surface area (Å²) in [5, 5.41) is 7.77. The average Bonchev–Trinajstić information content (AvgIpc) is 3.34. The van der Waals surface area contributed by atoms with Gasteiger partial charge in [0, 0.05) is 42.6 Å². The molecule has 0 aliphatic carbocycles. The molecule has 2 aliphatic rings. The van der Waals surface area contributed by atoms with Gasteiger partial charge < -0.3 is 25.4 Å². The van der Waals surface area contributed by atoms with E-state index in [9.17, 15) is 14.4 Å². The van der Waals surface area contributed by atoms with E-state index in [1.165, 1.54) is 15.6 Å². The van der Waals surface area contributed by atoms with E-state index >= 15 is 0 Å². The van der Waals surface area contributed by atoms with Gasteiger partial charge in [-0.1, -0.05) is 0 Å². The van der Waals surface area contributed by atoms with Gasteiger partial charge in [-0.05, 0) is 26.8 Å². The van der Waals surface area contributed by atoms with Crippen molar-refractivity contribution in [3.63, 3.8) is 0 Å². The molecule has 0 saturated carbocycles. The molecule has 1 amide bonds. The van der Waals surface area contributed by atoms with E-state index in [4.69, 9.17) is 15.2 Å². The second-order valence-corrected chi connectivity index (χ2v) is 8.91. The first-order valence-electron chi connectivity index (χ1n) is 11.3. The topological polar surface area (TPSA) is 170 Å². The molecule has 36 heavy (non-hydrogen) atoms. The first-order valence-corrected chi connectivity index (χ1v) is 11.3. The van der Waals surface area contributed by atoms with Crippen molar-refractivity contribution in [2.75, 3.05) is 22.9 Å². The summed E-state index contributed by atoms with van der Waals surface area (Å²) in [6.07, 6.45) is 4.56. The maximum Gasteiger partial charge on any atom is 0.401 e. The molecule has 188 valence electrons. The van der Waals surface area contributed by atoms with Gasteiger partial charge in [0.1, 0.15) is 11.6 Å². The number of carbonyl (C=O) groups is 3. The summed E-state index contributed by atoms with van der Waals surface area (Å²) in [5.41, 5.74) is 7.00. The first-order chi connectivity index (χ1) is 17.2. The van der Waals surface area contributed by atoms with Crippen LogP contribution in [0, 0.1) is 6.92 Å². The largest absolute Gasteiger partial charge is 0.405 e. The lowest BCUT2D eigenvalue weighted by Crippen LogP contribution is -2.54. The summed E-state index contributed by atoms with van der Waals surface area (Å²) in [6.45, 7) is 7.48. The molecule has 14 nitrogen and oxygen atoms in total. The number of pyridine rings is 1. The van der Waals surface area contributed by atoms with Crippen LogP contribution in [0.4, 0.5) is 17.2 Å². The number of anilines is 3. The van der Waals surface area contributed by atoms with Crippen molar-refractivity contribution in [1.82, 2.24) is 29.9 Å². The van der Waals surface area contributed by atoms with Crippen LogP contribution in [-0.4, -0.2) is 74.0 Å². The SMILES string of the molecule is Cc1nc2ncc(N3c4nccc(N5C[C@@H](C)N[C@@H](C)C5)c4CC3(OC=O)OC(=O)C(N)=O)cn2n1. The Hall–Kier alpha value is -4.33. The van der Waals surface area contributed by atoms with Crippen molar-refractivity contribution in [3.05, 3.63) is 36.0 Å². The number of hydrogen-bond acceptors (Lipinski definition) is 12. The molecular weight excluding hydrogens is 470 g/mol. The maximum absolute atomic E-state index is 12.4. The highest BCUT2D eigenvalue weighted by molar-refractivity contribution is 6.31. The Morgan fingerprint density at radius 1 is 1.25 bits per heavy atom. The second-order valence-electron chi connectivity index (χ2n) is 8.91. The quantitative estimate of drug-likeness (QED) is 0.203. The Labute approximate surface area is 205 Å². The number of nitrogens with zero attached hydrogens (tertiary/aromatic N) is 7. The van der Waals surface area contributed by atoms with E-state index < -0.39 is 17.8 Å². The highest BCUT2D eigenvalue weighted by Crippen LogP contribution is 2.47. The number of nitrogens with one attached hydrogen (secondary N) is 1. The predicted molar refractivity (Wildman–Crippen MR) is 125 cm³/mol. The molecular formula is C22H25N9O5. The lowest BCUT2D eigenvalue weighted by Gasteiger charge is -2.38. The Morgan fingerprint density at radius 3 is 2.69 bits per heavy atom. The van der Waals surface area contributed by atoms with Crippen molar-refractivity contribution in [2.45, 2.75) is 45.2 Å². The number of hydrogen-bond donors (Lipinski definition) is 2. The van der Waals surface area contributed by atoms with Crippen LogP contribution in [0.15, 0.2) is 24.7 Å². The number of nitrogens with two attached hydrogens (primary N) is 1. The van der Waals surface area contributed by atoms with Crippen LogP contribution < -0.4 is 20.9 Å². The van der Waals surface area contributed by atoms with Gasteiger partial charge in [-0.2, -0.15) is 10.1 Å². The molecule has 0 bridgehead atoms. The number of esters is 1. The standard InChI is InChI=1S/C22H25N9O5/c1-12-8-29(9-13(2)26-12)17-4-5-24-19-16(17)6-22(35-11-32,36-20(34)18(23)33)31(19)15-7-25-21-27-14(3)28-30(21)10-15/h4-5,7,10-13,26H,6,8-9H2,1-3H3,(H2,23,33)/t12-,13+,22?. The van der Waals surface area contributed by atoms with Crippen LogP contribution in [-0.2, 0) is 30.3 Å². The van der Waals surface area contributed by atoms with Crippen LogP contribution in [0.2, 0.25) is 0 Å². The number of piperazine rings is 1. The van der Waals surface area contributed by atoms with Crippen LogP contribution >= 0.6 is 0 Å². The molecule has 2 aliphatic heterocycles. The van der Waals surface area contributed by atoms with Gasteiger partial charge in [0.05, 0.1) is 24.5 Å². The first kappa shape index (κ1) is 23.4. The monoisotopic (exact) mass is 495 g/mol. The highest BCUT2D eigenvalue weighted by atomic mass is 16.8. The number of carbonyl (C=O) groups excluding carboxylic acids is 3. The fourth-order valence-corrected chi connectivity index (χ4v) is 4.90. The molecule has 5 heterocycles. The zero-order valence-corrected chi connectivity index (χ0v) is 19.9. The molecule has 3 N–H and O–H groups in total. The zero-order chi connectivity index (χ0) is 25.6. The highest BCUT2D eigenvalue weighted by Gasteiger charge is 2.54. The minimum absolute atomic E-state index is 0.107. The average molecular weight is 496 g/mol. The third-order valence-corrected chi connectivity index (χ3v) is 6.09. The fourth-order valence-electron chi connectivity index (χ4n) is 4.90. The molecule has 3 atom stereocenters. The number of aryl methyl sites for hydroxylation is 1. The lowest BCUT2D eigenvalue weighted by atomic mass is 10.1. The van der Waals surface area contributed by atoms with E-state index in [0.29, 0.717) is 28.7 Å². The predicted octanol–water partition coefficient (Wildman–Crippen LogP) is -0.436. The van der Waals surface area contributed by atoms with Crippen LogP contribution in [0.25, 0.3) is 5.78 Å². The van der Waals surface area contributed by atoms with Crippen LogP contribution in [0.3, 0.4) is 0 Å². The summed E-state index contributed by atoms with van der Waals surface area (Å²) in [5.74, 6) is -3.57. The maximum atomic E-state index is 12.4. The number of primary amides is 1. The summed E-state index contributed by atoms with van der Waals surface area (Å²) < 4.78 is 12.3. The van der Waals surface area contributed by atoms with Gasteiger partial charge in [-0.25, -0.2) is 24.2 Å². The van der Waals surface area contributed by atoms with Gasteiger partial charge in [0.15, 0.2) is 0 Å². The number of ether oxygens (including phenoxy) is 2. The molecule has 3 aromatic heterocycles. The molecule has 5 rings (SSSR count). The fraction of sp³-hybridized carbons (Fsp3) is 0.409. The van der Waals surface area contributed by atoms with Gasteiger partial charge >= 0.3 is 17.8 Å². The number of fused-ring (bicyclic) bond motifs is 2. The minimum Gasteiger partial charge on any atom is -0.405 e. The summed E-state index contributed by atoms with van der Waals surface area (Å²) >= 11 is 0. The van der Waals surface area contributed by atoms with E-state index in [0.717, 1.165) is 18.8 Å². The van der Waals surface area contributed by atoms with E-state index in [-0.39, 0.29) is 25.0 Å². The van der Waals surface area contributed by atoms with Crippen LogP contribution in [0.5, 0.6) is 0 Å². The third kappa shape index (κ3) is 3.94. The van der Waals surface area contributed by atoms with Gasteiger partial charge in [-0.3, -0.25) is 9.59 Å². The number of rotatable bonds is 5. The summed E-state index contributed by atoms with van der Waals surface area (Å²) in [4.78, 5) is 52.4. The molecule has 1 saturated heterocycles. The van der Waals surface area contributed by atoms with Crippen LogP contribution in [0.1, 0.15) is 25.2 Å². The van der Waals surface area contributed by atoms with Gasteiger partial charge in [0.2, 0.25) is 0 Å². The Bertz CT molecular complexity index is 1350. The molecule has 3 aromatic rings. The second kappa shape index (κ2) is 8.71. The zero-order valence-electron chi connectivity index (χ0n) is 19.9. The molecule has 0 radical (unpaired) electrons. The summed E-state index contributed by atoms with van der Waals surface area (Å²) in [7, 11) is 0.